The van der Waals surface area contributed by atoms with Crippen LogP contribution in [0.25, 0.3) is 0 Å². The molecule has 5 heteroatoms. The normalized spacial score (nSPS) is 21.2. The number of hydrogen-bond acceptors (Lipinski definition) is 3. The van der Waals surface area contributed by atoms with Gasteiger partial charge in [0.2, 0.25) is 5.91 Å². The maximum Gasteiger partial charge on any atom is 0.249 e. The van der Waals surface area contributed by atoms with Crippen LogP contribution in [0.5, 0.6) is 0 Å². The zero-order chi connectivity index (χ0) is 12.3. The summed E-state index contributed by atoms with van der Waals surface area (Å²) in [5.41, 5.74) is 5.31. The second kappa shape index (κ2) is 5.10. The van der Waals surface area contributed by atoms with Crippen LogP contribution in [0.3, 0.4) is 0 Å². The van der Waals surface area contributed by atoms with Gasteiger partial charge in [-0.15, -0.1) is 0 Å². The van der Waals surface area contributed by atoms with Crippen molar-refractivity contribution in [1.82, 2.24) is 4.90 Å². The molecule has 2 N–H and O–H groups in total. The van der Waals surface area contributed by atoms with Crippen LogP contribution in [0.1, 0.15) is 33.6 Å². The number of carbonyl (C=O) groups excluding carboxylic acids is 1. The summed E-state index contributed by atoms with van der Waals surface area (Å²) in [6.07, 6.45) is 1.83. The van der Waals surface area contributed by atoms with E-state index in [2.05, 4.69) is 0 Å². The SMILES string of the molecule is CC(C)(C)OCC(=O)N1CCCC1C(N)=S. The van der Waals surface area contributed by atoms with Crippen molar-refractivity contribution in [3.8, 4) is 0 Å². The average molecular weight is 244 g/mol. The van der Waals surface area contributed by atoms with Gasteiger partial charge in [-0.1, -0.05) is 12.2 Å². The van der Waals surface area contributed by atoms with E-state index in [9.17, 15) is 4.79 Å². The first-order chi connectivity index (χ1) is 7.31. The second-order valence-corrected chi connectivity index (χ2v) is 5.52. The first-order valence-corrected chi connectivity index (χ1v) is 5.95. The summed E-state index contributed by atoms with van der Waals surface area (Å²) in [5, 5.41) is 0. The van der Waals surface area contributed by atoms with Gasteiger partial charge in [-0.2, -0.15) is 0 Å². The van der Waals surface area contributed by atoms with Crippen LogP contribution in [0.4, 0.5) is 0 Å². The quantitative estimate of drug-likeness (QED) is 0.755. The minimum absolute atomic E-state index is 0.0229. The molecule has 92 valence electrons. The van der Waals surface area contributed by atoms with Crippen LogP contribution in [-0.2, 0) is 9.53 Å². The fourth-order valence-corrected chi connectivity index (χ4v) is 1.97. The third-order valence-electron chi connectivity index (χ3n) is 2.53. The number of rotatable bonds is 3. The third-order valence-corrected chi connectivity index (χ3v) is 2.80. The van der Waals surface area contributed by atoms with Gasteiger partial charge in [0.15, 0.2) is 0 Å². The van der Waals surface area contributed by atoms with Crippen molar-refractivity contribution in [3.63, 3.8) is 0 Å². The predicted molar refractivity (Wildman–Crippen MR) is 67.2 cm³/mol. The fraction of sp³-hybridized carbons (Fsp3) is 0.818. The van der Waals surface area contributed by atoms with Crippen LogP contribution in [0.15, 0.2) is 0 Å². The first-order valence-electron chi connectivity index (χ1n) is 5.54. The summed E-state index contributed by atoms with van der Waals surface area (Å²) in [5.74, 6) is -0.0229. The van der Waals surface area contributed by atoms with Gasteiger partial charge in [0.05, 0.1) is 16.6 Å². The number of carbonyl (C=O) groups is 1. The monoisotopic (exact) mass is 244 g/mol. The molecule has 0 aromatic carbocycles. The van der Waals surface area contributed by atoms with Crippen LogP contribution < -0.4 is 5.73 Å². The maximum atomic E-state index is 11.9. The van der Waals surface area contributed by atoms with E-state index in [1.54, 1.807) is 4.90 Å². The van der Waals surface area contributed by atoms with Crippen molar-refractivity contribution < 1.29 is 9.53 Å². The van der Waals surface area contributed by atoms with Crippen LogP contribution >= 0.6 is 12.2 Å². The molecule has 1 unspecified atom stereocenters. The molecule has 1 atom stereocenters. The zero-order valence-electron chi connectivity index (χ0n) is 10.2. The van der Waals surface area contributed by atoms with E-state index < -0.39 is 0 Å². The zero-order valence-corrected chi connectivity index (χ0v) is 11.0. The Morgan fingerprint density at radius 2 is 2.19 bits per heavy atom. The standard InChI is InChI=1S/C11H20N2O2S/c1-11(2,3)15-7-9(14)13-6-4-5-8(13)10(12)16/h8H,4-7H2,1-3H3,(H2,12,16). The third kappa shape index (κ3) is 3.72. The van der Waals surface area contributed by atoms with Crippen LogP contribution in [0.2, 0.25) is 0 Å². The number of hydrogen-bond donors (Lipinski definition) is 1. The van der Waals surface area contributed by atoms with E-state index in [4.69, 9.17) is 22.7 Å². The van der Waals surface area contributed by atoms with E-state index >= 15 is 0 Å². The van der Waals surface area contributed by atoms with Gasteiger partial charge < -0.3 is 15.4 Å². The lowest BCUT2D eigenvalue weighted by molar-refractivity contribution is -0.140. The van der Waals surface area contributed by atoms with Crippen molar-refractivity contribution in [2.24, 2.45) is 5.73 Å². The summed E-state index contributed by atoms with van der Waals surface area (Å²) < 4.78 is 5.46. The Bertz CT molecular complexity index is 286. The number of thiocarbonyl (C=S) groups is 1. The summed E-state index contributed by atoms with van der Waals surface area (Å²) in [4.78, 5) is 14.0. The van der Waals surface area contributed by atoms with E-state index in [0.29, 0.717) is 4.99 Å². The van der Waals surface area contributed by atoms with E-state index in [-0.39, 0.29) is 24.2 Å². The number of ether oxygens (including phenoxy) is 1. The lowest BCUT2D eigenvalue weighted by Crippen LogP contribution is -2.45. The molecule has 1 saturated heterocycles. The molecule has 1 rings (SSSR count). The molecule has 1 fully saturated rings. The molecule has 0 spiro atoms. The largest absolute Gasteiger partial charge is 0.392 e. The smallest absolute Gasteiger partial charge is 0.249 e. The maximum absolute atomic E-state index is 11.9. The molecule has 0 aromatic rings. The summed E-state index contributed by atoms with van der Waals surface area (Å²) in [7, 11) is 0. The van der Waals surface area contributed by atoms with Crippen molar-refractivity contribution >= 4 is 23.1 Å². The first kappa shape index (κ1) is 13.4. The molecule has 1 aliphatic heterocycles. The van der Waals surface area contributed by atoms with Gasteiger partial charge in [0.1, 0.15) is 6.61 Å². The van der Waals surface area contributed by atoms with E-state index in [0.717, 1.165) is 19.4 Å². The second-order valence-electron chi connectivity index (χ2n) is 5.05. The molecule has 1 amide bonds. The predicted octanol–water partition coefficient (Wildman–Crippen LogP) is 1.08. The van der Waals surface area contributed by atoms with Crippen molar-refractivity contribution in [1.29, 1.82) is 0 Å². The lowest BCUT2D eigenvalue weighted by Gasteiger charge is -2.26. The van der Waals surface area contributed by atoms with E-state index in [1.165, 1.54) is 0 Å². The van der Waals surface area contributed by atoms with Crippen molar-refractivity contribution in [2.45, 2.75) is 45.3 Å². The van der Waals surface area contributed by atoms with Crippen molar-refractivity contribution in [2.75, 3.05) is 13.2 Å². The molecule has 0 radical (unpaired) electrons. The molecule has 1 aliphatic rings. The molecule has 16 heavy (non-hydrogen) atoms. The summed E-state index contributed by atoms with van der Waals surface area (Å²) >= 11 is 4.95. The molecular formula is C11H20N2O2S. The minimum Gasteiger partial charge on any atom is -0.392 e. The Morgan fingerprint density at radius 3 is 2.69 bits per heavy atom. The minimum atomic E-state index is -0.298. The van der Waals surface area contributed by atoms with E-state index in [1.807, 2.05) is 20.8 Å². The highest BCUT2D eigenvalue weighted by molar-refractivity contribution is 7.80. The van der Waals surface area contributed by atoms with Gasteiger partial charge in [0, 0.05) is 6.54 Å². The number of amides is 1. The number of nitrogens with two attached hydrogens (primary N) is 1. The van der Waals surface area contributed by atoms with Gasteiger partial charge in [-0.3, -0.25) is 4.79 Å². The Hall–Kier alpha value is -0.680. The fourth-order valence-electron chi connectivity index (χ4n) is 1.72. The Labute approximate surface area is 102 Å². The molecule has 1 heterocycles. The highest BCUT2D eigenvalue weighted by Crippen LogP contribution is 2.18. The molecule has 0 aromatic heterocycles. The molecule has 0 saturated carbocycles. The highest BCUT2D eigenvalue weighted by atomic mass is 32.1. The molecular weight excluding hydrogens is 224 g/mol. The summed E-state index contributed by atoms with van der Waals surface area (Å²) in [6, 6.07) is -0.0777. The Balaban J connectivity index is 2.50. The lowest BCUT2D eigenvalue weighted by atomic mass is 10.2. The van der Waals surface area contributed by atoms with Crippen LogP contribution in [-0.4, -0.2) is 40.6 Å². The molecule has 0 aliphatic carbocycles. The van der Waals surface area contributed by atoms with Gasteiger partial charge in [-0.25, -0.2) is 0 Å². The van der Waals surface area contributed by atoms with Crippen molar-refractivity contribution in [3.05, 3.63) is 0 Å². The topological polar surface area (TPSA) is 55.6 Å². The van der Waals surface area contributed by atoms with Crippen LogP contribution in [0, 0.1) is 0 Å². The summed E-state index contributed by atoms with van der Waals surface area (Å²) in [6.45, 7) is 6.61. The number of nitrogens with zero attached hydrogens (tertiary/aromatic N) is 1. The Morgan fingerprint density at radius 1 is 1.56 bits per heavy atom. The average Bonchev–Trinajstić information content (AvgIpc) is 2.61. The van der Waals surface area contributed by atoms with Gasteiger partial charge in [-0.05, 0) is 33.6 Å². The molecule has 4 nitrogen and oxygen atoms in total. The molecule has 0 bridgehead atoms. The van der Waals surface area contributed by atoms with Gasteiger partial charge in [0.25, 0.3) is 0 Å². The van der Waals surface area contributed by atoms with Gasteiger partial charge >= 0.3 is 0 Å². The Kier molecular flexibility index (Phi) is 4.27. The highest BCUT2D eigenvalue weighted by Gasteiger charge is 2.31. The number of likely N-dealkylation sites (tertiary alicyclic amines) is 1.